The number of rotatable bonds is 4. The SMILES string of the molecule is COc1cc(C(=O)O)cc2c1OC(c1ccccc1)(c1ccccc1)O2. The summed E-state index contributed by atoms with van der Waals surface area (Å²) < 4.78 is 17.9. The van der Waals surface area contributed by atoms with Gasteiger partial charge in [-0.1, -0.05) is 60.7 Å². The molecule has 5 nitrogen and oxygen atoms in total. The molecule has 0 amide bonds. The van der Waals surface area contributed by atoms with Gasteiger partial charge in [-0.2, -0.15) is 0 Å². The lowest BCUT2D eigenvalue weighted by molar-refractivity contribution is -0.0467. The van der Waals surface area contributed by atoms with Gasteiger partial charge in [-0.25, -0.2) is 4.79 Å². The molecule has 0 radical (unpaired) electrons. The smallest absolute Gasteiger partial charge is 0.335 e. The third-order valence-corrected chi connectivity index (χ3v) is 4.29. The summed E-state index contributed by atoms with van der Waals surface area (Å²) in [6, 6.07) is 21.9. The van der Waals surface area contributed by atoms with Crippen molar-refractivity contribution in [2.24, 2.45) is 0 Å². The van der Waals surface area contributed by atoms with E-state index in [0.29, 0.717) is 17.2 Å². The van der Waals surface area contributed by atoms with Crippen LogP contribution in [0.5, 0.6) is 17.2 Å². The zero-order chi connectivity index (χ0) is 18.1. The van der Waals surface area contributed by atoms with Crippen molar-refractivity contribution in [1.82, 2.24) is 0 Å². The average molecular weight is 348 g/mol. The number of carboxylic acid groups (broad SMARTS) is 1. The summed E-state index contributed by atoms with van der Waals surface area (Å²) in [7, 11) is 1.47. The van der Waals surface area contributed by atoms with Gasteiger partial charge in [0.1, 0.15) is 0 Å². The molecule has 0 atom stereocenters. The van der Waals surface area contributed by atoms with E-state index in [9.17, 15) is 9.90 Å². The van der Waals surface area contributed by atoms with Gasteiger partial charge in [0.25, 0.3) is 0 Å². The van der Waals surface area contributed by atoms with E-state index in [1.165, 1.54) is 19.2 Å². The standard InChI is InChI=1S/C21H16O5/c1-24-17-12-14(20(22)23)13-18-19(17)26-21(25-18,15-8-4-2-5-9-15)16-10-6-3-7-11-16/h2-13H,1H3,(H,22,23). The first-order valence-corrected chi connectivity index (χ1v) is 8.08. The van der Waals surface area contributed by atoms with Crippen molar-refractivity contribution in [3.05, 3.63) is 89.5 Å². The zero-order valence-electron chi connectivity index (χ0n) is 14.0. The highest BCUT2D eigenvalue weighted by Gasteiger charge is 2.47. The van der Waals surface area contributed by atoms with E-state index in [0.717, 1.165) is 11.1 Å². The second-order valence-electron chi connectivity index (χ2n) is 5.86. The van der Waals surface area contributed by atoms with Crippen LogP contribution in [0.25, 0.3) is 0 Å². The summed E-state index contributed by atoms with van der Waals surface area (Å²) in [4.78, 5) is 11.4. The number of hydrogen-bond donors (Lipinski definition) is 1. The zero-order valence-corrected chi connectivity index (χ0v) is 14.0. The molecule has 0 aromatic heterocycles. The van der Waals surface area contributed by atoms with Gasteiger partial charge in [-0.05, 0) is 12.1 Å². The van der Waals surface area contributed by atoms with Gasteiger partial charge < -0.3 is 19.3 Å². The fourth-order valence-corrected chi connectivity index (χ4v) is 3.07. The predicted molar refractivity (Wildman–Crippen MR) is 94.9 cm³/mol. The number of methoxy groups -OCH3 is 1. The summed E-state index contributed by atoms with van der Waals surface area (Å²) in [5.41, 5.74) is 1.66. The van der Waals surface area contributed by atoms with Crippen LogP contribution in [-0.2, 0) is 5.79 Å². The minimum absolute atomic E-state index is 0.0705. The highest BCUT2D eigenvalue weighted by atomic mass is 16.7. The molecule has 0 saturated carbocycles. The summed E-state index contributed by atoms with van der Waals surface area (Å²) in [5, 5.41) is 9.35. The Morgan fingerprint density at radius 3 is 2.00 bits per heavy atom. The Kier molecular flexibility index (Phi) is 3.77. The van der Waals surface area contributed by atoms with Gasteiger partial charge in [-0.3, -0.25) is 0 Å². The van der Waals surface area contributed by atoms with Crippen LogP contribution < -0.4 is 14.2 Å². The predicted octanol–water partition coefficient (Wildman–Crippen LogP) is 4.07. The molecule has 26 heavy (non-hydrogen) atoms. The molecule has 4 rings (SSSR count). The van der Waals surface area contributed by atoms with Crippen LogP contribution in [0.15, 0.2) is 72.8 Å². The van der Waals surface area contributed by atoms with Gasteiger partial charge in [0.15, 0.2) is 11.5 Å². The molecule has 0 aliphatic carbocycles. The molecule has 1 heterocycles. The van der Waals surface area contributed by atoms with Crippen LogP contribution in [-0.4, -0.2) is 18.2 Å². The maximum atomic E-state index is 11.4. The molecular weight excluding hydrogens is 332 g/mol. The van der Waals surface area contributed by atoms with Crippen molar-refractivity contribution in [1.29, 1.82) is 0 Å². The topological polar surface area (TPSA) is 65.0 Å². The van der Waals surface area contributed by atoms with Gasteiger partial charge in [0, 0.05) is 11.1 Å². The lowest BCUT2D eigenvalue weighted by Crippen LogP contribution is -2.36. The molecule has 1 aliphatic rings. The first-order valence-electron chi connectivity index (χ1n) is 8.08. The molecule has 0 unspecified atom stereocenters. The fourth-order valence-electron chi connectivity index (χ4n) is 3.07. The van der Waals surface area contributed by atoms with Crippen LogP contribution in [0.4, 0.5) is 0 Å². The molecule has 0 saturated heterocycles. The number of benzene rings is 3. The number of carbonyl (C=O) groups is 1. The maximum Gasteiger partial charge on any atom is 0.335 e. The fraction of sp³-hybridized carbons (Fsp3) is 0.0952. The lowest BCUT2D eigenvalue weighted by Gasteiger charge is -2.28. The molecule has 0 bridgehead atoms. The second-order valence-corrected chi connectivity index (χ2v) is 5.86. The van der Waals surface area contributed by atoms with Crippen molar-refractivity contribution in [3.8, 4) is 17.2 Å². The first kappa shape index (κ1) is 16.0. The van der Waals surface area contributed by atoms with E-state index < -0.39 is 11.8 Å². The third kappa shape index (κ3) is 2.45. The number of aromatic carboxylic acids is 1. The Balaban J connectivity index is 1.91. The molecule has 3 aromatic rings. The van der Waals surface area contributed by atoms with E-state index in [-0.39, 0.29) is 5.56 Å². The number of hydrogen-bond acceptors (Lipinski definition) is 4. The lowest BCUT2D eigenvalue weighted by atomic mass is 9.97. The van der Waals surface area contributed by atoms with Gasteiger partial charge in [-0.15, -0.1) is 0 Å². The normalized spacial score (nSPS) is 14.0. The van der Waals surface area contributed by atoms with Crippen LogP contribution in [0.3, 0.4) is 0 Å². The Hall–Kier alpha value is -3.47. The quantitative estimate of drug-likeness (QED) is 0.770. The Morgan fingerprint density at radius 2 is 1.50 bits per heavy atom. The number of ether oxygens (including phenoxy) is 3. The summed E-state index contributed by atoms with van der Waals surface area (Å²) in [5.74, 6) is -1.25. The minimum Gasteiger partial charge on any atom is -0.493 e. The molecule has 3 aromatic carbocycles. The summed E-state index contributed by atoms with van der Waals surface area (Å²) in [6.07, 6.45) is 0. The minimum atomic E-state index is -1.21. The molecule has 1 aliphatic heterocycles. The number of carboxylic acids is 1. The highest BCUT2D eigenvalue weighted by Crippen LogP contribution is 2.52. The van der Waals surface area contributed by atoms with E-state index in [4.69, 9.17) is 14.2 Å². The third-order valence-electron chi connectivity index (χ3n) is 4.29. The van der Waals surface area contributed by atoms with Crippen molar-refractivity contribution in [2.75, 3.05) is 7.11 Å². The summed E-state index contributed by atoms with van der Waals surface area (Å²) >= 11 is 0. The molecular formula is C21H16O5. The van der Waals surface area contributed by atoms with Crippen LogP contribution in [0, 0.1) is 0 Å². The second kappa shape index (κ2) is 6.11. The molecule has 0 spiro atoms. The molecule has 5 heteroatoms. The Bertz CT molecular complexity index is 911. The van der Waals surface area contributed by atoms with E-state index in [1.807, 2.05) is 60.7 Å². The Labute approximate surface area is 150 Å². The summed E-state index contributed by atoms with van der Waals surface area (Å²) in [6.45, 7) is 0. The largest absolute Gasteiger partial charge is 0.493 e. The van der Waals surface area contributed by atoms with Crippen LogP contribution >= 0.6 is 0 Å². The van der Waals surface area contributed by atoms with Gasteiger partial charge in [0.05, 0.1) is 12.7 Å². The van der Waals surface area contributed by atoms with Gasteiger partial charge in [0.2, 0.25) is 5.75 Å². The molecule has 130 valence electrons. The Morgan fingerprint density at radius 1 is 0.923 bits per heavy atom. The van der Waals surface area contributed by atoms with E-state index in [2.05, 4.69) is 0 Å². The van der Waals surface area contributed by atoms with Crippen LogP contribution in [0.1, 0.15) is 21.5 Å². The first-order chi connectivity index (χ1) is 12.6. The van der Waals surface area contributed by atoms with E-state index >= 15 is 0 Å². The van der Waals surface area contributed by atoms with Crippen molar-refractivity contribution in [2.45, 2.75) is 5.79 Å². The maximum absolute atomic E-state index is 11.4. The van der Waals surface area contributed by atoms with Crippen LogP contribution in [0.2, 0.25) is 0 Å². The monoisotopic (exact) mass is 348 g/mol. The van der Waals surface area contributed by atoms with Crippen molar-refractivity contribution >= 4 is 5.97 Å². The molecule has 0 fully saturated rings. The highest BCUT2D eigenvalue weighted by molar-refractivity contribution is 5.89. The van der Waals surface area contributed by atoms with Crippen molar-refractivity contribution in [3.63, 3.8) is 0 Å². The van der Waals surface area contributed by atoms with Crippen molar-refractivity contribution < 1.29 is 24.1 Å². The average Bonchev–Trinajstić information content (AvgIpc) is 3.09. The van der Waals surface area contributed by atoms with Gasteiger partial charge >= 0.3 is 11.8 Å². The number of fused-ring (bicyclic) bond motifs is 1. The molecule has 1 N–H and O–H groups in total. The van der Waals surface area contributed by atoms with E-state index in [1.54, 1.807) is 0 Å².